The molecule has 132 valence electrons. The minimum absolute atomic E-state index is 0.172. The van der Waals surface area contributed by atoms with E-state index in [2.05, 4.69) is 0 Å². The van der Waals surface area contributed by atoms with E-state index < -0.39 is 11.4 Å². The maximum atomic E-state index is 13.5. The lowest BCUT2D eigenvalue weighted by Crippen LogP contribution is -2.43. The van der Waals surface area contributed by atoms with E-state index in [1.807, 2.05) is 61.2 Å². The predicted octanol–water partition coefficient (Wildman–Crippen LogP) is 3.93. The number of carbonyl (C=O) groups is 2. The molecule has 0 radical (unpaired) electrons. The van der Waals surface area contributed by atoms with E-state index in [1.54, 1.807) is 17.8 Å². The van der Waals surface area contributed by atoms with Crippen LogP contribution in [0, 0.1) is 5.92 Å². The maximum Gasteiger partial charge on any atom is 0.326 e. The molecule has 0 saturated heterocycles. The number of benzene rings is 1. The average Bonchev–Trinajstić information content (AvgIpc) is 3.22. The number of rotatable bonds is 6. The Kier molecular flexibility index (Phi) is 5.04. The van der Waals surface area contributed by atoms with Crippen LogP contribution in [0.1, 0.15) is 36.3 Å². The Balaban J connectivity index is 2.03. The number of nitrogens with zero attached hydrogens (tertiary/aromatic N) is 1. The van der Waals surface area contributed by atoms with Gasteiger partial charge in [0.05, 0.1) is 6.61 Å². The summed E-state index contributed by atoms with van der Waals surface area (Å²) in [6.45, 7) is 4.94. The molecule has 25 heavy (non-hydrogen) atoms. The summed E-state index contributed by atoms with van der Waals surface area (Å²) in [4.78, 5) is 27.5. The lowest BCUT2D eigenvalue weighted by Gasteiger charge is -2.26. The molecular weight excluding hydrogens is 334 g/mol. The summed E-state index contributed by atoms with van der Waals surface area (Å²) < 4.78 is 7.52. The molecular formula is C20H23NO3S. The Bertz CT molecular complexity index is 796. The number of ether oxygens (including phenoxy) is 1. The van der Waals surface area contributed by atoms with Gasteiger partial charge in [-0.3, -0.25) is 9.59 Å². The van der Waals surface area contributed by atoms with Crippen molar-refractivity contribution in [2.24, 2.45) is 5.92 Å². The summed E-state index contributed by atoms with van der Waals surface area (Å²) in [5, 5.41) is 0. The fraction of sp³-hybridized carbons (Fsp3) is 0.400. The van der Waals surface area contributed by atoms with E-state index in [4.69, 9.17) is 4.74 Å². The van der Waals surface area contributed by atoms with Gasteiger partial charge in [-0.25, -0.2) is 0 Å². The highest BCUT2D eigenvalue weighted by Crippen LogP contribution is 2.40. The lowest BCUT2D eigenvalue weighted by molar-refractivity contribution is -0.149. The molecule has 1 aromatic carbocycles. The first-order chi connectivity index (χ1) is 12.0. The smallest absolute Gasteiger partial charge is 0.326 e. The van der Waals surface area contributed by atoms with Crippen molar-refractivity contribution in [2.75, 3.05) is 12.9 Å². The Labute approximate surface area is 152 Å². The number of hydrogen-bond donors (Lipinski definition) is 0. The number of esters is 1. The molecule has 0 bridgehead atoms. The number of fused-ring (bicyclic) bond motifs is 1. The Morgan fingerprint density at radius 2 is 2.08 bits per heavy atom. The summed E-state index contributed by atoms with van der Waals surface area (Å²) in [7, 11) is 0. The molecule has 5 heteroatoms. The van der Waals surface area contributed by atoms with Crippen LogP contribution in [-0.2, 0) is 21.5 Å². The van der Waals surface area contributed by atoms with Crippen LogP contribution < -0.4 is 0 Å². The van der Waals surface area contributed by atoms with E-state index in [1.165, 1.54) is 0 Å². The monoisotopic (exact) mass is 357 g/mol. The van der Waals surface area contributed by atoms with E-state index in [9.17, 15) is 9.59 Å². The molecule has 1 aromatic heterocycles. The lowest BCUT2D eigenvalue weighted by atomic mass is 9.76. The van der Waals surface area contributed by atoms with Crippen LogP contribution in [0.2, 0.25) is 0 Å². The van der Waals surface area contributed by atoms with E-state index >= 15 is 0 Å². The molecule has 1 unspecified atom stereocenters. The zero-order valence-corrected chi connectivity index (χ0v) is 15.6. The second-order valence-electron chi connectivity index (χ2n) is 6.80. The molecule has 2 aromatic rings. The number of carbonyl (C=O) groups excluding carboxylic acids is 2. The number of thioether (sulfide) groups is 1. The van der Waals surface area contributed by atoms with Crippen LogP contribution in [-0.4, -0.2) is 29.2 Å². The Hall–Kier alpha value is -2.01. The van der Waals surface area contributed by atoms with Crippen molar-refractivity contribution in [1.29, 1.82) is 0 Å². The van der Waals surface area contributed by atoms with Crippen molar-refractivity contribution < 1.29 is 14.3 Å². The maximum absolute atomic E-state index is 13.5. The van der Waals surface area contributed by atoms with Crippen LogP contribution in [0.25, 0.3) is 0 Å². The van der Waals surface area contributed by atoms with Gasteiger partial charge < -0.3 is 9.30 Å². The SMILES string of the molecule is CSc1cccc(C(=O)C2(C(=O)OCC(C)C)CCn3cccc32)c1. The van der Waals surface area contributed by atoms with Crippen molar-refractivity contribution in [3.8, 4) is 0 Å². The highest BCUT2D eigenvalue weighted by molar-refractivity contribution is 7.98. The highest BCUT2D eigenvalue weighted by Gasteiger charge is 2.53. The quantitative estimate of drug-likeness (QED) is 0.340. The molecule has 4 nitrogen and oxygen atoms in total. The minimum Gasteiger partial charge on any atom is -0.464 e. The third-order valence-corrected chi connectivity index (χ3v) is 5.34. The van der Waals surface area contributed by atoms with Gasteiger partial charge in [-0.1, -0.05) is 26.0 Å². The first-order valence-electron chi connectivity index (χ1n) is 8.50. The average molecular weight is 357 g/mol. The van der Waals surface area contributed by atoms with Crippen LogP contribution in [0.15, 0.2) is 47.5 Å². The number of ketones is 1. The van der Waals surface area contributed by atoms with Gasteiger partial charge in [0.2, 0.25) is 0 Å². The molecule has 3 rings (SSSR count). The third-order valence-electron chi connectivity index (χ3n) is 4.61. The van der Waals surface area contributed by atoms with E-state index in [0.29, 0.717) is 25.1 Å². The molecule has 0 amide bonds. The van der Waals surface area contributed by atoms with Crippen molar-refractivity contribution in [3.63, 3.8) is 0 Å². The first kappa shape index (κ1) is 17.8. The standard InChI is InChI=1S/C20H23NO3S/c1-14(2)13-24-19(23)20(9-11-21-10-5-8-17(20)21)18(22)15-6-4-7-16(12-15)25-3/h4-8,10,12,14H,9,11,13H2,1-3H3. The largest absolute Gasteiger partial charge is 0.464 e. The summed E-state index contributed by atoms with van der Waals surface area (Å²) in [6, 6.07) is 11.2. The van der Waals surface area contributed by atoms with Gasteiger partial charge in [-0.2, -0.15) is 0 Å². The molecule has 0 fully saturated rings. The molecule has 1 aliphatic rings. The van der Waals surface area contributed by atoms with Crippen molar-refractivity contribution in [3.05, 3.63) is 53.9 Å². The van der Waals surface area contributed by atoms with Gasteiger partial charge in [0.25, 0.3) is 0 Å². The van der Waals surface area contributed by atoms with Gasteiger partial charge in [0.1, 0.15) is 0 Å². The summed E-state index contributed by atoms with van der Waals surface area (Å²) in [5.74, 6) is -0.378. The second-order valence-corrected chi connectivity index (χ2v) is 7.68. The van der Waals surface area contributed by atoms with Crippen LogP contribution >= 0.6 is 11.8 Å². The molecule has 0 N–H and O–H groups in total. The summed E-state index contributed by atoms with van der Waals surface area (Å²) in [5.41, 5.74) is 0.0545. The number of aromatic nitrogens is 1. The van der Waals surface area contributed by atoms with E-state index in [-0.39, 0.29) is 11.7 Å². The Morgan fingerprint density at radius 1 is 1.28 bits per heavy atom. The summed E-state index contributed by atoms with van der Waals surface area (Å²) in [6.07, 6.45) is 4.33. The first-order valence-corrected chi connectivity index (χ1v) is 9.73. The van der Waals surface area contributed by atoms with Gasteiger partial charge in [-0.05, 0) is 42.9 Å². The third kappa shape index (κ3) is 3.13. The van der Waals surface area contributed by atoms with Crippen LogP contribution in [0.3, 0.4) is 0 Å². The number of aryl methyl sites for hydroxylation is 1. The van der Waals surface area contributed by atoms with Gasteiger partial charge in [-0.15, -0.1) is 11.8 Å². The molecule has 0 aliphatic carbocycles. The van der Waals surface area contributed by atoms with Crippen LogP contribution in [0.5, 0.6) is 0 Å². The molecule has 2 heterocycles. The van der Waals surface area contributed by atoms with Crippen molar-refractivity contribution in [1.82, 2.24) is 4.57 Å². The normalized spacial score (nSPS) is 19.0. The number of hydrogen-bond acceptors (Lipinski definition) is 4. The fourth-order valence-corrected chi connectivity index (χ4v) is 3.78. The second kappa shape index (κ2) is 7.08. The fourth-order valence-electron chi connectivity index (χ4n) is 3.32. The van der Waals surface area contributed by atoms with Gasteiger partial charge >= 0.3 is 5.97 Å². The van der Waals surface area contributed by atoms with Gasteiger partial charge in [0.15, 0.2) is 11.2 Å². The van der Waals surface area contributed by atoms with Crippen LogP contribution in [0.4, 0.5) is 0 Å². The Morgan fingerprint density at radius 3 is 2.80 bits per heavy atom. The molecule has 0 saturated carbocycles. The molecule has 1 atom stereocenters. The predicted molar refractivity (Wildman–Crippen MR) is 99.1 cm³/mol. The van der Waals surface area contributed by atoms with Crippen molar-refractivity contribution >= 4 is 23.5 Å². The van der Waals surface area contributed by atoms with Gasteiger partial charge in [0, 0.05) is 28.9 Å². The van der Waals surface area contributed by atoms with Crippen molar-refractivity contribution in [2.45, 2.75) is 37.1 Å². The van der Waals surface area contributed by atoms with E-state index in [0.717, 1.165) is 10.6 Å². The molecule has 0 spiro atoms. The minimum atomic E-state index is -1.24. The molecule has 1 aliphatic heterocycles. The topological polar surface area (TPSA) is 48.3 Å². The zero-order chi connectivity index (χ0) is 18.0. The highest BCUT2D eigenvalue weighted by atomic mass is 32.2. The zero-order valence-electron chi connectivity index (χ0n) is 14.8. The number of Topliss-reactive ketones (excluding diaryl/α,β-unsaturated/α-hetero) is 1. The summed E-state index contributed by atoms with van der Waals surface area (Å²) >= 11 is 1.58.